The van der Waals surface area contributed by atoms with Crippen LogP contribution in [-0.2, 0) is 4.74 Å². The van der Waals surface area contributed by atoms with Crippen LogP contribution in [0.5, 0.6) is 0 Å². The molecular formula is C19H42IN5O2. The molecule has 0 aliphatic heterocycles. The van der Waals surface area contributed by atoms with E-state index in [1.807, 2.05) is 34.6 Å². The van der Waals surface area contributed by atoms with Gasteiger partial charge in [0.05, 0.1) is 5.54 Å². The zero-order valence-corrected chi connectivity index (χ0v) is 21.1. The van der Waals surface area contributed by atoms with Crippen LogP contribution in [0, 0.1) is 0 Å². The van der Waals surface area contributed by atoms with Crippen molar-refractivity contribution in [2.24, 2.45) is 4.99 Å². The van der Waals surface area contributed by atoms with Crippen LogP contribution in [0.1, 0.15) is 61.3 Å². The topological polar surface area (TPSA) is 78.0 Å². The van der Waals surface area contributed by atoms with Crippen LogP contribution in [0.2, 0.25) is 0 Å². The molecular weight excluding hydrogens is 457 g/mol. The monoisotopic (exact) mass is 499 g/mol. The van der Waals surface area contributed by atoms with Crippen LogP contribution >= 0.6 is 24.0 Å². The van der Waals surface area contributed by atoms with Gasteiger partial charge in [0, 0.05) is 26.2 Å². The number of guanidine groups is 1. The maximum absolute atomic E-state index is 11.9. The van der Waals surface area contributed by atoms with Gasteiger partial charge in [0.2, 0.25) is 0 Å². The molecule has 7 nitrogen and oxygen atoms in total. The van der Waals surface area contributed by atoms with Crippen LogP contribution in [0.15, 0.2) is 4.99 Å². The first-order valence-corrected chi connectivity index (χ1v) is 9.52. The van der Waals surface area contributed by atoms with Crippen molar-refractivity contribution in [2.45, 2.75) is 78.5 Å². The largest absolute Gasteiger partial charge is 0.444 e. The highest BCUT2D eigenvalue weighted by atomic mass is 127. The van der Waals surface area contributed by atoms with E-state index in [0.717, 1.165) is 31.9 Å². The minimum Gasteiger partial charge on any atom is -0.444 e. The highest BCUT2D eigenvalue weighted by Crippen LogP contribution is 2.09. The fraction of sp³-hybridized carbons (Fsp3) is 0.895. The number of carbonyl (C=O) groups is 1. The SMILES string of the molecule is CN=C(NCCCCN(C)C(C)C)NCC(C)(C)NC(=O)OC(C)(C)C.I. The molecule has 0 unspecified atom stereocenters. The molecule has 27 heavy (non-hydrogen) atoms. The van der Waals surface area contributed by atoms with E-state index in [0.29, 0.717) is 12.6 Å². The summed E-state index contributed by atoms with van der Waals surface area (Å²) in [7, 11) is 3.90. The summed E-state index contributed by atoms with van der Waals surface area (Å²) in [6.45, 7) is 16.4. The van der Waals surface area contributed by atoms with Gasteiger partial charge >= 0.3 is 6.09 Å². The third-order valence-electron chi connectivity index (χ3n) is 3.87. The van der Waals surface area contributed by atoms with Gasteiger partial charge in [-0.1, -0.05) is 0 Å². The fourth-order valence-electron chi connectivity index (χ4n) is 2.10. The highest BCUT2D eigenvalue weighted by molar-refractivity contribution is 14.0. The van der Waals surface area contributed by atoms with Crippen LogP contribution in [0.4, 0.5) is 4.79 Å². The number of carbonyl (C=O) groups excluding carboxylic acids is 1. The van der Waals surface area contributed by atoms with Crippen molar-refractivity contribution in [2.75, 3.05) is 33.7 Å². The number of ether oxygens (including phenoxy) is 1. The van der Waals surface area contributed by atoms with Crippen molar-refractivity contribution in [3.05, 3.63) is 0 Å². The van der Waals surface area contributed by atoms with Gasteiger partial charge < -0.3 is 25.6 Å². The Balaban J connectivity index is 0. The van der Waals surface area contributed by atoms with Crippen molar-refractivity contribution in [1.82, 2.24) is 20.9 Å². The summed E-state index contributed by atoms with van der Waals surface area (Å²) in [6, 6.07) is 0.581. The second kappa shape index (κ2) is 13.4. The van der Waals surface area contributed by atoms with E-state index in [1.54, 1.807) is 7.05 Å². The molecule has 3 N–H and O–H groups in total. The van der Waals surface area contributed by atoms with E-state index in [4.69, 9.17) is 4.74 Å². The van der Waals surface area contributed by atoms with Gasteiger partial charge in [-0.2, -0.15) is 0 Å². The molecule has 1 amide bonds. The third kappa shape index (κ3) is 15.9. The Morgan fingerprint density at radius 3 is 2.19 bits per heavy atom. The number of rotatable bonds is 9. The van der Waals surface area contributed by atoms with Gasteiger partial charge in [-0.3, -0.25) is 4.99 Å². The molecule has 0 aliphatic rings. The quantitative estimate of drug-likeness (QED) is 0.197. The Hall–Kier alpha value is -0.770. The maximum Gasteiger partial charge on any atom is 0.408 e. The van der Waals surface area contributed by atoms with Crippen molar-refractivity contribution < 1.29 is 9.53 Å². The summed E-state index contributed by atoms with van der Waals surface area (Å²) in [5.41, 5.74) is -0.964. The zero-order valence-electron chi connectivity index (χ0n) is 18.7. The van der Waals surface area contributed by atoms with Crippen LogP contribution in [0.3, 0.4) is 0 Å². The Morgan fingerprint density at radius 2 is 1.70 bits per heavy atom. The number of halogens is 1. The Morgan fingerprint density at radius 1 is 1.11 bits per heavy atom. The van der Waals surface area contributed by atoms with Crippen molar-refractivity contribution in [3.8, 4) is 0 Å². The number of amides is 1. The first-order valence-electron chi connectivity index (χ1n) is 9.52. The molecule has 0 bridgehead atoms. The highest BCUT2D eigenvalue weighted by Gasteiger charge is 2.24. The Kier molecular flexibility index (Phi) is 14.1. The van der Waals surface area contributed by atoms with Crippen LogP contribution in [-0.4, -0.2) is 67.9 Å². The van der Waals surface area contributed by atoms with E-state index in [9.17, 15) is 4.79 Å². The van der Waals surface area contributed by atoms with Gasteiger partial charge in [-0.15, -0.1) is 24.0 Å². The predicted molar refractivity (Wildman–Crippen MR) is 125 cm³/mol. The molecule has 0 fully saturated rings. The molecule has 8 heteroatoms. The molecule has 0 spiro atoms. The third-order valence-corrected chi connectivity index (χ3v) is 3.87. The number of hydrogen-bond acceptors (Lipinski definition) is 4. The zero-order chi connectivity index (χ0) is 20.4. The summed E-state index contributed by atoms with van der Waals surface area (Å²) in [5.74, 6) is 0.737. The molecule has 0 heterocycles. The molecule has 0 aromatic heterocycles. The number of nitrogens with one attached hydrogen (secondary N) is 3. The number of alkyl carbamates (subject to hydrolysis) is 1. The maximum atomic E-state index is 11.9. The number of unbranched alkanes of at least 4 members (excludes halogenated alkanes) is 1. The lowest BCUT2D eigenvalue weighted by atomic mass is 10.1. The van der Waals surface area contributed by atoms with Gasteiger partial charge in [0.1, 0.15) is 5.60 Å². The minimum absolute atomic E-state index is 0. The smallest absolute Gasteiger partial charge is 0.408 e. The van der Waals surface area contributed by atoms with E-state index in [1.165, 1.54) is 0 Å². The molecule has 0 aromatic carbocycles. The number of nitrogens with zero attached hydrogens (tertiary/aromatic N) is 2. The molecule has 0 atom stereocenters. The average molecular weight is 499 g/mol. The number of hydrogen-bond donors (Lipinski definition) is 3. The van der Waals surface area contributed by atoms with Gasteiger partial charge in [-0.05, 0) is 74.9 Å². The molecule has 0 radical (unpaired) electrons. The molecule has 162 valence electrons. The van der Waals surface area contributed by atoms with Gasteiger partial charge in [0.25, 0.3) is 0 Å². The second-order valence-electron chi connectivity index (χ2n) is 8.64. The van der Waals surface area contributed by atoms with Crippen molar-refractivity contribution in [1.29, 1.82) is 0 Å². The normalized spacial score (nSPS) is 12.6. The summed E-state index contributed by atoms with van der Waals surface area (Å²) in [5, 5.41) is 9.45. The van der Waals surface area contributed by atoms with Crippen LogP contribution in [0.25, 0.3) is 0 Å². The van der Waals surface area contributed by atoms with Crippen LogP contribution < -0.4 is 16.0 Å². The minimum atomic E-state index is -0.505. The Bertz CT molecular complexity index is 448. The first kappa shape index (κ1) is 28.4. The Labute approximate surface area is 183 Å². The molecule has 0 saturated heterocycles. The van der Waals surface area contributed by atoms with Gasteiger partial charge in [0.15, 0.2) is 5.96 Å². The molecule has 0 aromatic rings. The second-order valence-corrected chi connectivity index (χ2v) is 8.64. The van der Waals surface area contributed by atoms with E-state index < -0.39 is 17.2 Å². The lowest BCUT2D eigenvalue weighted by molar-refractivity contribution is 0.0474. The standard InChI is InChI=1S/C19H41N5O2.HI/c1-15(2)24(9)13-11-10-12-21-16(20-8)22-14-19(6,7)23-17(25)26-18(3,4)5;/h15H,10-14H2,1-9H3,(H,23,25)(H2,20,21,22);1H. The lowest BCUT2D eigenvalue weighted by Gasteiger charge is -2.29. The van der Waals surface area contributed by atoms with E-state index in [2.05, 4.69) is 46.7 Å². The van der Waals surface area contributed by atoms with Crippen molar-refractivity contribution >= 4 is 36.0 Å². The average Bonchev–Trinajstić information content (AvgIpc) is 2.46. The molecule has 0 saturated carbocycles. The van der Waals surface area contributed by atoms with E-state index in [-0.39, 0.29) is 24.0 Å². The summed E-state index contributed by atoms with van der Waals surface area (Å²) >= 11 is 0. The molecule has 0 aliphatic carbocycles. The summed E-state index contributed by atoms with van der Waals surface area (Å²) < 4.78 is 5.31. The fourth-order valence-corrected chi connectivity index (χ4v) is 2.10. The summed E-state index contributed by atoms with van der Waals surface area (Å²) in [4.78, 5) is 18.5. The van der Waals surface area contributed by atoms with Crippen molar-refractivity contribution in [3.63, 3.8) is 0 Å². The van der Waals surface area contributed by atoms with E-state index >= 15 is 0 Å². The lowest BCUT2D eigenvalue weighted by Crippen LogP contribution is -2.54. The number of aliphatic imine (C=N–C) groups is 1. The first-order chi connectivity index (χ1) is 11.9. The van der Waals surface area contributed by atoms with Gasteiger partial charge in [-0.25, -0.2) is 4.79 Å². The predicted octanol–water partition coefficient (Wildman–Crippen LogP) is 3.19. The molecule has 0 rings (SSSR count). The summed E-state index contributed by atoms with van der Waals surface area (Å²) in [6.07, 6.45) is 1.81.